The average Bonchev–Trinajstić information content (AvgIpc) is 2.79. The van der Waals surface area contributed by atoms with Gasteiger partial charge in [-0.2, -0.15) is 0 Å². The molecule has 0 saturated heterocycles. The Morgan fingerprint density at radius 1 is 1.31 bits per heavy atom. The lowest BCUT2D eigenvalue weighted by Crippen LogP contribution is -2.14. The zero-order valence-corrected chi connectivity index (χ0v) is 10.6. The molecule has 0 bridgehead atoms. The van der Waals surface area contributed by atoms with Crippen molar-refractivity contribution in [3.63, 3.8) is 0 Å². The Labute approximate surface area is 102 Å². The van der Waals surface area contributed by atoms with Gasteiger partial charge in [-0.25, -0.2) is 12.4 Å². The van der Waals surface area contributed by atoms with Crippen LogP contribution < -0.4 is 0 Å². The van der Waals surface area contributed by atoms with E-state index < -0.39 is 10.0 Å². The molecule has 0 unspecified atom stereocenters. The van der Waals surface area contributed by atoms with E-state index in [9.17, 15) is 8.42 Å². The molecule has 0 amide bonds. The van der Waals surface area contributed by atoms with Crippen LogP contribution >= 0.6 is 15.9 Å². The van der Waals surface area contributed by atoms with Crippen LogP contribution in [0, 0.1) is 0 Å². The van der Waals surface area contributed by atoms with Crippen molar-refractivity contribution in [2.45, 2.75) is 10.2 Å². The molecule has 16 heavy (non-hydrogen) atoms. The van der Waals surface area contributed by atoms with Crippen LogP contribution in [0.25, 0.3) is 0 Å². The second-order valence-electron chi connectivity index (χ2n) is 3.12. The summed E-state index contributed by atoms with van der Waals surface area (Å²) in [5.41, 5.74) is 0.684. The van der Waals surface area contributed by atoms with Crippen molar-refractivity contribution in [1.29, 1.82) is 0 Å². The molecule has 0 radical (unpaired) electrons. The van der Waals surface area contributed by atoms with E-state index in [-0.39, 0.29) is 4.90 Å². The molecule has 84 valence electrons. The highest BCUT2D eigenvalue weighted by atomic mass is 79.9. The van der Waals surface area contributed by atoms with Crippen LogP contribution in [0.3, 0.4) is 0 Å². The van der Waals surface area contributed by atoms with Gasteiger partial charge in [-0.1, -0.05) is 15.9 Å². The lowest BCUT2D eigenvalue weighted by molar-refractivity contribution is 0.586. The van der Waals surface area contributed by atoms with E-state index >= 15 is 0 Å². The molecule has 0 aromatic carbocycles. The Hall–Kier alpha value is -1.14. The van der Waals surface area contributed by atoms with Crippen LogP contribution in [0.15, 0.2) is 47.8 Å². The number of rotatable bonds is 3. The van der Waals surface area contributed by atoms with Crippen LogP contribution in [0.1, 0.15) is 5.69 Å². The van der Waals surface area contributed by atoms with Crippen LogP contribution in [-0.4, -0.2) is 17.4 Å². The van der Waals surface area contributed by atoms with Gasteiger partial charge in [-0.3, -0.25) is 4.98 Å². The van der Waals surface area contributed by atoms with E-state index in [1.165, 1.54) is 22.4 Å². The Bertz CT molecular complexity index is 578. The molecular formula is C10H9BrN2O2S. The van der Waals surface area contributed by atoms with E-state index in [1.807, 2.05) is 0 Å². The summed E-state index contributed by atoms with van der Waals surface area (Å²) in [6, 6.07) is 6.58. The topological polar surface area (TPSA) is 52.0 Å². The van der Waals surface area contributed by atoms with Gasteiger partial charge in [0.1, 0.15) is 4.90 Å². The summed E-state index contributed by atoms with van der Waals surface area (Å²) in [4.78, 5) is 4.00. The normalized spacial score (nSPS) is 11.6. The van der Waals surface area contributed by atoms with Crippen molar-refractivity contribution in [2.24, 2.45) is 0 Å². The van der Waals surface area contributed by atoms with Crippen LogP contribution in [0.4, 0.5) is 0 Å². The van der Waals surface area contributed by atoms with Gasteiger partial charge in [0.2, 0.25) is 0 Å². The molecule has 0 fully saturated rings. The number of hydrogen-bond acceptors (Lipinski definition) is 3. The molecule has 0 N–H and O–H groups in total. The summed E-state index contributed by atoms with van der Waals surface area (Å²) in [7, 11) is -3.51. The van der Waals surface area contributed by atoms with Crippen molar-refractivity contribution in [3.8, 4) is 0 Å². The molecule has 0 atom stereocenters. The maximum Gasteiger partial charge on any atom is 0.269 e. The number of nitrogens with zero attached hydrogens (tertiary/aromatic N) is 2. The minimum atomic E-state index is -3.51. The highest BCUT2D eigenvalue weighted by Crippen LogP contribution is 2.16. The first-order valence-corrected chi connectivity index (χ1v) is 7.10. The molecule has 6 heteroatoms. The highest BCUT2D eigenvalue weighted by molar-refractivity contribution is 9.08. The van der Waals surface area contributed by atoms with Gasteiger partial charge in [0.05, 0.1) is 0 Å². The fourth-order valence-corrected chi connectivity index (χ4v) is 3.31. The summed E-state index contributed by atoms with van der Waals surface area (Å²) in [6.45, 7) is 0. The van der Waals surface area contributed by atoms with E-state index in [0.717, 1.165) is 0 Å². The number of alkyl halides is 1. The van der Waals surface area contributed by atoms with E-state index in [0.29, 0.717) is 11.0 Å². The van der Waals surface area contributed by atoms with Crippen molar-refractivity contribution in [3.05, 3.63) is 48.5 Å². The Morgan fingerprint density at radius 2 is 2.12 bits per heavy atom. The predicted molar refractivity (Wildman–Crippen MR) is 63.9 cm³/mol. The second kappa shape index (κ2) is 4.39. The van der Waals surface area contributed by atoms with E-state index in [2.05, 4.69) is 20.9 Å². The van der Waals surface area contributed by atoms with Crippen molar-refractivity contribution >= 4 is 26.0 Å². The lowest BCUT2D eigenvalue weighted by atomic mass is 10.5. The molecule has 0 aliphatic carbocycles. The first-order valence-electron chi connectivity index (χ1n) is 4.54. The fourth-order valence-electron chi connectivity index (χ4n) is 1.35. The molecule has 4 nitrogen and oxygen atoms in total. The smallest absolute Gasteiger partial charge is 0.263 e. The van der Waals surface area contributed by atoms with Gasteiger partial charge in [-0.05, 0) is 24.3 Å². The largest absolute Gasteiger partial charge is 0.269 e. The Kier molecular flexibility index (Phi) is 3.11. The summed E-state index contributed by atoms with van der Waals surface area (Å²) < 4.78 is 25.6. The molecule has 2 rings (SSSR count). The molecule has 2 heterocycles. The third-order valence-electron chi connectivity index (χ3n) is 2.12. The quantitative estimate of drug-likeness (QED) is 0.815. The molecule has 2 aromatic rings. The predicted octanol–water partition coefficient (Wildman–Crippen LogP) is 2.02. The summed E-state index contributed by atoms with van der Waals surface area (Å²) >= 11 is 3.25. The molecule has 0 aliphatic heterocycles. The number of halogens is 1. The molecule has 0 aliphatic rings. The van der Waals surface area contributed by atoms with Gasteiger partial charge in [0.25, 0.3) is 10.0 Å². The average molecular weight is 301 g/mol. The summed E-state index contributed by atoms with van der Waals surface area (Å²) in [5.74, 6) is 0. The van der Waals surface area contributed by atoms with Crippen molar-refractivity contribution in [1.82, 2.24) is 8.96 Å². The van der Waals surface area contributed by atoms with Crippen LogP contribution in [0.2, 0.25) is 0 Å². The van der Waals surface area contributed by atoms with E-state index in [4.69, 9.17) is 0 Å². The maximum atomic E-state index is 12.2. The summed E-state index contributed by atoms with van der Waals surface area (Å²) in [5, 5.41) is 0.486. The second-order valence-corrected chi connectivity index (χ2v) is 5.50. The minimum absolute atomic E-state index is 0.188. The highest BCUT2D eigenvalue weighted by Gasteiger charge is 2.18. The van der Waals surface area contributed by atoms with Crippen LogP contribution in [0.5, 0.6) is 0 Å². The Morgan fingerprint density at radius 3 is 2.75 bits per heavy atom. The Balaban J connectivity index is 2.56. The molecular weight excluding hydrogens is 292 g/mol. The third-order valence-corrected chi connectivity index (χ3v) is 4.41. The minimum Gasteiger partial charge on any atom is -0.263 e. The van der Waals surface area contributed by atoms with Gasteiger partial charge in [-0.15, -0.1) is 0 Å². The van der Waals surface area contributed by atoms with Gasteiger partial charge >= 0.3 is 0 Å². The zero-order valence-electron chi connectivity index (χ0n) is 8.25. The standard InChI is InChI=1S/C10H9BrN2O2S/c11-7-9-3-2-6-13(9)16(14,15)10-4-1-5-12-8-10/h1-6,8H,7H2. The molecule has 0 saturated carbocycles. The first kappa shape index (κ1) is 11.3. The van der Waals surface area contributed by atoms with E-state index in [1.54, 1.807) is 24.4 Å². The third kappa shape index (κ3) is 1.90. The number of pyridine rings is 1. The summed E-state index contributed by atoms with van der Waals surface area (Å²) in [6.07, 6.45) is 4.41. The monoisotopic (exact) mass is 300 g/mol. The van der Waals surface area contributed by atoms with Gasteiger partial charge in [0, 0.05) is 29.6 Å². The molecule has 2 aromatic heterocycles. The molecule has 0 spiro atoms. The van der Waals surface area contributed by atoms with Gasteiger partial charge in [0.15, 0.2) is 0 Å². The lowest BCUT2D eigenvalue weighted by Gasteiger charge is -2.08. The van der Waals surface area contributed by atoms with Gasteiger partial charge < -0.3 is 0 Å². The number of aromatic nitrogens is 2. The van der Waals surface area contributed by atoms with Crippen LogP contribution in [-0.2, 0) is 15.4 Å². The van der Waals surface area contributed by atoms with Crippen molar-refractivity contribution < 1.29 is 8.42 Å². The SMILES string of the molecule is O=S(=O)(c1cccnc1)n1cccc1CBr. The number of hydrogen-bond donors (Lipinski definition) is 0. The first-order chi connectivity index (χ1) is 7.66. The fraction of sp³-hybridized carbons (Fsp3) is 0.100. The maximum absolute atomic E-state index is 12.2. The van der Waals surface area contributed by atoms with Crippen molar-refractivity contribution in [2.75, 3.05) is 0 Å². The zero-order chi connectivity index (χ0) is 11.6.